The van der Waals surface area contributed by atoms with E-state index in [1.54, 1.807) is 44.2 Å². The maximum absolute atomic E-state index is 13.1. The van der Waals surface area contributed by atoms with Crippen molar-refractivity contribution in [2.24, 2.45) is 0 Å². The van der Waals surface area contributed by atoms with E-state index in [4.69, 9.17) is 4.74 Å². The van der Waals surface area contributed by atoms with Gasteiger partial charge in [0.15, 0.2) is 5.78 Å². The zero-order valence-corrected chi connectivity index (χ0v) is 21.7. The molecule has 0 bridgehead atoms. The Balaban J connectivity index is 2.47. The van der Waals surface area contributed by atoms with Gasteiger partial charge in [-0.1, -0.05) is 13.8 Å². The molecule has 0 saturated carbocycles. The van der Waals surface area contributed by atoms with Crippen LogP contribution in [0.2, 0.25) is 0 Å². The normalized spacial score (nSPS) is 11.4. The second-order valence-electron chi connectivity index (χ2n) is 7.75. The van der Waals surface area contributed by atoms with Crippen LogP contribution in [0.15, 0.2) is 41.3 Å². The van der Waals surface area contributed by atoms with Crippen LogP contribution in [-0.4, -0.2) is 57.7 Å². The molecule has 1 amide bonds. The number of hydrogen-bond acceptors (Lipinski definition) is 6. The van der Waals surface area contributed by atoms with E-state index < -0.39 is 10.0 Å². The number of methoxy groups -OCH3 is 1. The number of Topliss-reactive ketones (excluding diaryl/α,β-unsaturated/α-hetero) is 1. The van der Waals surface area contributed by atoms with Gasteiger partial charge in [0.1, 0.15) is 5.75 Å². The summed E-state index contributed by atoms with van der Waals surface area (Å²) in [5.41, 5.74) is 2.22. The average Bonchev–Trinajstić information content (AvgIpc) is 2.81. The summed E-state index contributed by atoms with van der Waals surface area (Å²) in [7, 11) is -2.19. The predicted octanol–water partition coefficient (Wildman–Crippen LogP) is 3.96. The molecular weight excluding hydrogens is 454 g/mol. The number of nitrogens with one attached hydrogen (secondary N) is 1. The van der Waals surface area contributed by atoms with Crippen LogP contribution >= 0.6 is 0 Å². The minimum Gasteiger partial charge on any atom is -0.496 e. The summed E-state index contributed by atoms with van der Waals surface area (Å²) in [6.45, 7) is 11.1. The first-order chi connectivity index (χ1) is 16.1. The second kappa shape index (κ2) is 12.0. The molecule has 0 unspecified atom stereocenters. The molecule has 0 aliphatic heterocycles. The number of nitrogens with zero attached hydrogens (tertiary/aromatic N) is 2. The molecule has 0 saturated heterocycles. The lowest BCUT2D eigenvalue weighted by molar-refractivity contribution is -0.115. The van der Waals surface area contributed by atoms with Crippen LogP contribution in [0, 0.1) is 0 Å². The third-order valence-corrected chi connectivity index (χ3v) is 7.77. The van der Waals surface area contributed by atoms with E-state index in [9.17, 15) is 18.0 Å². The van der Waals surface area contributed by atoms with E-state index >= 15 is 0 Å². The Bertz CT molecular complexity index is 1120. The monoisotopic (exact) mass is 489 g/mol. The predicted molar refractivity (Wildman–Crippen MR) is 135 cm³/mol. The minimum absolute atomic E-state index is 0.0327. The van der Waals surface area contributed by atoms with Gasteiger partial charge in [0.25, 0.3) is 0 Å². The third-order valence-electron chi connectivity index (χ3n) is 5.73. The van der Waals surface area contributed by atoms with Crippen molar-refractivity contribution in [2.45, 2.75) is 45.9 Å². The molecule has 0 aliphatic carbocycles. The molecule has 0 heterocycles. The molecule has 2 aromatic carbocycles. The summed E-state index contributed by atoms with van der Waals surface area (Å²) in [5, 5.41) is 2.89. The highest BCUT2D eigenvalue weighted by Gasteiger charge is 2.24. The van der Waals surface area contributed by atoms with Crippen molar-refractivity contribution in [1.29, 1.82) is 0 Å². The van der Waals surface area contributed by atoms with Crippen molar-refractivity contribution >= 4 is 33.1 Å². The molecule has 0 spiro atoms. The highest BCUT2D eigenvalue weighted by Crippen LogP contribution is 2.31. The van der Waals surface area contributed by atoms with E-state index in [1.165, 1.54) is 24.4 Å². The van der Waals surface area contributed by atoms with E-state index in [-0.39, 0.29) is 23.0 Å². The highest BCUT2D eigenvalue weighted by molar-refractivity contribution is 7.89. The van der Waals surface area contributed by atoms with Crippen molar-refractivity contribution in [2.75, 3.05) is 43.5 Å². The number of benzene rings is 2. The van der Waals surface area contributed by atoms with Crippen LogP contribution in [0.1, 0.15) is 50.5 Å². The van der Waals surface area contributed by atoms with Gasteiger partial charge >= 0.3 is 0 Å². The molecule has 2 aromatic rings. The quantitative estimate of drug-likeness (QED) is 0.454. The maximum Gasteiger partial charge on any atom is 0.243 e. The van der Waals surface area contributed by atoms with Gasteiger partial charge in [-0.3, -0.25) is 9.59 Å². The maximum atomic E-state index is 13.1. The smallest absolute Gasteiger partial charge is 0.243 e. The van der Waals surface area contributed by atoms with Crippen molar-refractivity contribution in [1.82, 2.24) is 4.31 Å². The van der Waals surface area contributed by atoms with E-state index in [2.05, 4.69) is 5.32 Å². The Morgan fingerprint density at radius 2 is 1.59 bits per heavy atom. The fourth-order valence-corrected chi connectivity index (χ4v) is 5.32. The van der Waals surface area contributed by atoms with Crippen LogP contribution in [-0.2, 0) is 21.2 Å². The Morgan fingerprint density at radius 1 is 0.941 bits per heavy atom. The molecule has 8 nitrogen and oxygen atoms in total. The zero-order chi connectivity index (χ0) is 25.5. The van der Waals surface area contributed by atoms with Crippen LogP contribution in [0.5, 0.6) is 5.75 Å². The molecule has 0 radical (unpaired) electrons. The number of sulfonamides is 1. The van der Waals surface area contributed by atoms with Crippen LogP contribution in [0.25, 0.3) is 0 Å². The van der Waals surface area contributed by atoms with Gasteiger partial charge in [-0.15, -0.1) is 0 Å². The lowest BCUT2D eigenvalue weighted by Crippen LogP contribution is -2.31. The van der Waals surface area contributed by atoms with Gasteiger partial charge in [0, 0.05) is 37.3 Å². The number of anilines is 2. The molecule has 2 rings (SSSR count). The zero-order valence-electron chi connectivity index (χ0n) is 20.8. The van der Waals surface area contributed by atoms with Crippen LogP contribution in [0.4, 0.5) is 11.4 Å². The fraction of sp³-hybridized carbons (Fsp3) is 0.440. The topological polar surface area (TPSA) is 96.0 Å². The van der Waals surface area contributed by atoms with Gasteiger partial charge in [-0.05, 0) is 57.2 Å². The Hall–Kier alpha value is -2.91. The summed E-state index contributed by atoms with van der Waals surface area (Å²) >= 11 is 0. The van der Waals surface area contributed by atoms with Crippen molar-refractivity contribution in [3.8, 4) is 5.75 Å². The Labute approximate surface area is 202 Å². The molecule has 34 heavy (non-hydrogen) atoms. The summed E-state index contributed by atoms with van der Waals surface area (Å²) in [5.74, 6) is 0.0502. The standard InChI is InChI=1S/C25H35N3O5S/c1-7-27(8-2)23-13-12-21(34(31,32)28(9-3)10-4)17-22(23)26-25(30)16-20-15-19(18(5)29)11-14-24(20)33-6/h11-15,17H,7-10,16H2,1-6H3,(H,26,30). The molecule has 0 aliphatic rings. The average molecular weight is 490 g/mol. The van der Waals surface area contributed by atoms with Gasteiger partial charge < -0.3 is 15.0 Å². The van der Waals surface area contributed by atoms with Crippen molar-refractivity contribution in [3.05, 3.63) is 47.5 Å². The van der Waals surface area contributed by atoms with E-state index in [1.807, 2.05) is 18.7 Å². The van der Waals surface area contributed by atoms with Gasteiger partial charge in [0.2, 0.25) is 15.9 Å². The second-order valence-corrected chi connectivity index (χ2v) is 9.69. The molecule has 0 atom stereocenters. The molecule has 0 aromatic heterocycles. The molecule has 1 N–H and O–H groups in total. The number of carbonyl (C=O) groups excluding carboxylic acids is 2. The Morgan fingerprint density at radius 3 is 2.12 bits per heavy atom. The largest absolute Gasteiger partial charge is 0.496 e. The van der Waals surface area contributed by atoms with E-state index in [0.717, 1.165) is 5.69 Å². The van der Waals surface area contributed by atoms with Crippen molar-refractivity contribution < 1.29 is 22.7 Å². The number of ether oxygens (including phenoxy) is 1. The summed E-state index contributed by atoms with van der Waals surface area (Å²) in [4.78, 5) is 27.0. The lowest BCUT2D eigenvalue weighted by atomic mass is 10.0. The number of hydrogen-bond donors (Lipinski definition) is 1. The summed E-state index contributed by atoms with van der Waals surface area (Å²) < 4.78 is 32.9. The van der Waals surface area contributed by atoms with Crippen LogP contribution < -0.4 is 15.0 Å². The van der Waals surface area contributed by atoms with Crippen molar-refractivity contribution in [3.63, 3.8) is 0 Å². The number of carbonyl (C=O) groups is 2. The SMILES string of the molecule is CCN(CC)c1ccc(S(=O)(=O)N(CC)CC)cc1NC(=O)Cc1cc(C(C)=O)ccc1OC. The Kier molecular flexibility index (Phi) is 9.64. The first kappa shape index (κ1) is 27.3. The molecule has 9 heteroatoms. The first-order valence-electron chi connectivity index (χ1n) is 11.5. The number of amides is 1. The van der Waals surface area contributed by atoms with E-state index in [0.29, 0.717) is 48.7 Å². The number of ketones is 1. The number of rotatable bonds is 12. The van der Waals surface area contributed by atoms with Gasteiger partial charge in [-0.25, -0.2) is 8.42 Å². The molecule has 186 valence electrons. The van der Waals surface area contributed by atoms with Gasteiger partial charge in [0.05, 0.1) is 29.8 Å². The summed E-state index contributed by atoms with van der Waals surface area (Å²) in [6.07, 6.45) is -0.0327. The first-order valence-corrected chi connectivity index (χ1v) is 12.9. The lowest BCUT2D eigenvalue weighted by Gasteiger charge is -2.26. The van der Waals surface area contributed by atoms with Gasteiger partial charge in [-0.2, -0.15) is 4.31 Å². The fourth-order valence-electron chi connectivity index (χ4n) is 3.83. The molecular formula is C25H35N3O5S. The molecule has 0 fully saturated rings. The summed E-state index contributed by atoms with van der Waals surface area (Å²) in [6, 6.07) is 9.79. The highest BCUT2D eigenvalue weighted by atomic mass is 32.2. The van der Waals surface area contributed by atoms with Crippen LogP contribution in [0.3, 0.4) is 0 Å². The third kappa shape index (κ3) is 6.15. The minimum atomic E-state index is -3.69.